The Morgan fingerprint density at radius 2 is 1.93 bits per heavy atom. The number of oxazole rings is 1. The summed E-state index contributed by atoms with van der Waals surface area (Å²) < 4.78 is 11.1. The first kappa shape index (κ1) is 20.1. The van der Waals surface area contributed by atoms with E-state index < -0.39 is 0 Å². The number of benzene rings is 1. The van der Waals surface area contributed by atoms with Crippen molar-refractivity contribution >= 4 is 5.91 Å². The summed E-state index contributed by atoms with van der Waals surface area (Å²) in [5.41, 5.74) is 7.94. The molecule has 1 amide bonds. The van der Waals surface area contributed by atoms with E-state index in [9.17, 15) is 4.79 Å². The highest BCUT2D eigenvalue weighted by Gasteiger charge is 2.31. The van der Waals surface area contributed by atoms with Gasteiger partial charge in [-0.1, -0.05) is 18.2 Å². The minimum Gasteiger partial charge on any atom is -0.444 e. The summed E-state index contributed by atoms with van der Waals surface area (Å²) in [4.78, 5) is 19.8. The van der Waals surface area contributed by atoms with Crippen LogP contribution in [0.15, 0.2) is 41.0 Å². The van der Waals surface area contributed by atoms with E-state index in [4.69, 9.17) is 14.9 Å². The fourth-order valence-corrected chi connectivity index (χ4v) is 4.24. The topological polar surface area (TPSA) is 93.6 Å². The number of nitrogens with one attached hydrogen (secondary N) is 1. The lowest BCUT2D eigenvalue weighted by Crippen LogP contribution is -2.47. The van der Waals surface area contributed by atoms with Crippen LogP contribution in [0.2, 0.25) is 0 Å². The zero-order valence-electron chi connectivity index (χ0n) is 16.8. The summed E-state index contributed by atoms with van der Waals surface area (Å²) in [6.45, 7) is 3.58. The van der Waals surface area contributed by atoms with E-state index >= 15 is 0 Å². The Balaban J connectivity index is 1.34. The zero-order chi connectivity index (χ0) is 20.1. The molecule has 0 spiro atoms. The lowest BCUT2D eigenvalue weighted by molar-refractivity contribution is -0.126. The number of amides is 1. The van der Waals surface area contributed by atoms with Crippen molar-refractivity contribution in [2.45, 2.75) is 44.3 Å². The van der Waals surface area contributed by atoms with E-state index in [1.165, 1.54) is 0 Å². The smallest absolute Gasteiger partial charge is 0.226 e. The van der Waals surface area contributed by atoms with Crippen LogP contribution in [0.25, 0.3) is 11.5 Å². The molecule has 0 aliphatic carbocycles. The van der Waals surface area contributed by atoms with Crippen LogP contribution in [0.3, 0.4) is 0 Å². The van der Waals surface area contributed by atoms with E-state index in [-0.39, 0.29) is 17.9 Å². The second kappa shape index (κ2) is 9.52. The first-order valence-corrected chi connectivity index (χ1v) is 10.5. The maximum atomic E-state index is 12.9. The lowest BCUT2D eigenvalue weighted by atomic mass is 10.0. The molecule has 4 rings (SSSR count). The van der Waals surface area contributed by atoms with Crippen molar-refractivity contribution in [2.24, 2.45) is 11.7 Å². The molecule has 0 bridgehead atoms. The van der Waals surface area contributed by atoms with E-state index in [1.807, 2.05) is 30.3 Å². The Kier molecular flexibility index (Phi) is 6.59. The number of carbonyl (C=O) groups excluding carboxylic acids is 1. The average Bonchev–Trinajstić information content (AvgIpc) is 3.15. The molecule has 156 valence electrons. The van der Waals surface area contributed by atoms with Gasteiger partial charge in [0.15, 0.2) is 0 Å². The fourth-order valence-electron chi connectivity index (χ4n) is 4.24. The Morgan fingerprint density at radius 1 is 1.14 bits per heavy atom. The number of likely N-dealkylation sites (tertiary alicyclic amines) is 1. The van der Waals surface area contributed by atoms with Gasteiger partial charge in [0.05, 0.1) is 18.2 Å². The van der Waals surface area contributed by atoms with Gasteiger partial charge in [-0.05, 0) is 37.8 Å². The highest BCUT2D eigenvalue weighted by atomic mass is 16.5. The fraction of sp³-hybridized carbons (Fsp3) is 0.545. The van der Waals surface area contributed by atoms with Crippen molar-refractivity contribution in [3.8, 4) is 11.5 Å². The van der Waals surface area contributed by atoms with E-state index in [1.54, 1.807) is 6.26 Å². The summed E-state index contributed by atoms with van der Waals surface area (Å²) >= 11 is 0. The molecule has 2 aromatic rings. The molecule has 2 aliphatic heterocycles. The van der Waals surface area contributed by atoms with Gasteiger partial charge >= 0.3 is 0 Å². The highest BCUT2D eigenvalue weighted by molar-refractivity contribution is 5.78. The van der Waals surface area contributed by atoms with Crippen molar-refractivity contribution < 1.29 is 13.9 Å². The molecule has 1 aromatic carbocycles. The van der Waals surface area contributed by atoms with Crippen molar-refractivity contribution in [3.63, 3.8) is 0 Å². The molecule has 0 unspecified atom stereocenters. The Hall–Kier alpha value is -2.22. The van der Waals surface area contributed by atoms with Crippen molar-refractivity contribution in [3.05, 3.63) is 42.3 Å². The SMILES string of the molecule is N[C@H]1CC[C@@H](C(=O)NCc2coc(-c3ccccc3)n2)CN(C2CCOCC2)C1. The van der Waals surface area contributed by atoms with Crippen LogP contribution in [0, 0.1) is 5.92 Å². The Morgan fingerprint density at radius 3 is 2.72 bits per heavy atom. The monoisotopic (exact) mass is 398 g/mol. The predicted molar refractivity (Wildman–Crippen MR) is 110 cm³/mol. The zero-order valence-corrected chi connectivity index (χ0v) is 16.8. The number of nitrogens with two attached hydrogens (primary N) is 1. The molecular weight excluding hydrogens is 368 g/mol. The molecule has 1 aromatic heterocycles. The van der Waals surface area contributed by atoms with Crippen LogP contribution in [0.1, 0.15) is 31.4 Å². The number of carbonyl (C=O) groups is 1. The molecule has 2 aliphatic rings. The number of ether oxygens (including phenoxy) is 1. The van der Waals surface area contributed by atoms with Crippen molar-refractivity contribution in [2.75, 3.05) is 26.3 Å². The summed E-state index contributed by atoms with van der Waals surface area (Å²) in [5, 5.41) is 3.05. The van der Waals surface area contributed by atoms with Crippen LogP contribution in [0.5, 0.6) is 0 Å². The Bertz CT molecular complexity index is 788. The number of rotatable bonds is 5. The molecule has 7 nitrogen and oxygen atoms in total. The van der Waals surface area contributed by atoms with E-state index in [2.05, 4.69) is 15.2 Å². The molecule has 0 saturated carbocycles. The van der Waals surface area contributed by atoms with Crippen LogP contribution < -0.4 is 11.1 Å². The summed E-state index contributed by atoms with van der Waals surface area (Å²) in [7, 11) is 0. The maximum Gasteiger partial charge on any atom is 0.226 e. The van der Waals surface area contributed by atoms with Crippen LogP contribution in [0.4, 0.5) is 0 Å². The molecule has 29 heavy (non-hydrogen) atoms. The molecule has 2 fully saturated rings. The summed E-state index contributed by atoms with van der Waals surface area (Å²) in [6.07, 6.45) is 5.34. The number of hydrogen-bond donors (Lipinski definition) is 2. The standard InChI is InChI=1S/C22H30N4O3/c23-18-7-6-17(13-26(14-18)20-8-10-28-11-9-20)21(27)24-12-19-15-29-22(25-19)16-4-2-1-3-5-16/h1-5,15,17-18,20H,6-14,23H2,(H,24,27)/t17-,18+/m1/s1. The van der Waals surface area contributed by atoms with Gasteiger partial charge in [0, 0.05) is 44.0 Å². The van der Waals surface area contributed by atoms with Crippen LogP contribution in [-0.4, -0.2) is 54.2 Å². The summed E-state index contributed by atoms with van der Waals surface area (Å²) in [5.74, 6) is 0.591. The largest absolute Gasteiger partial charge is 0.444 e. The first-order chi connectivity index (χ1) is 14.2. The third kappa shape index (κ3) is 5.23. The van der Waals surface area contributed by atoms with Crippen LogP contribution in [-0.2, 0) is 16.1 Å². The number of nitrogens with zero attached hydrogens (tertiary/aromatic N) is 2. The summed E-state index contributed by atoms with van der Waals surface area (Å²) in [6, 6.07) is 10.3. The van der Waals surface area contributed by atoms with Crippen LogP contribution >= 0.6 is 0 Å². The van der Waals surface area contributed by atoms with Gasteiger partial charge in [-0.15, -0.1) is 0 Å². The molecule has 0 radical (unpaired) electrons. The molecule has 3 heterocycles. The quantitative estimate of drug-likeness (QED) is 0.802. The van der Waals surface area contributed by atoms with Gasteiger partial charge in [0.2, 0.25) is 11.8 Å². The van der Waals surface area contributed by atoms with E-state index in [0.29, 0.717) is 18.5 Å². The highest BCUT2D eigenvalue weighted by Crippen LogP contribution is 2.23. The molecule has 2 saturated heterocycles. The second-order valence-corrected chi connectivity index (χ2v) is 8.06. The predicted octanol–water partition coefficient (Wildman–Crippen LogP) is 2.18. The second-order valence-electron chi connectivity index (χ2n) is 8.06. The normalized spacial score (nSPS) is 24.2. The molecule has 3 N–H and O–H groups in total. The van der Waals surface area contributed by atoms with E-state index in [0.717, 1.165) is 63.2 Å². The van der Waals surface area contributed by atoms with Gasteiger partial charge in [-0.3, -0.25) is 9.69 Å². The first-order valence-electron chi connectivity index (χ1n) is 10.5. The number of hydrogen-bond acceptors (Lipinski definition) is 6. The number of aromatic nitrogens is 1. The average molecular weight is 399 g/mol. The molecular formula is C22H30N4O3. The lowest BCUT2D eigenvalue weighted by Gasteiger charge is -2.35. The van der Waals surface area contributed by atoms with Gasteiger partial charge in [-0.2, -0.15) is 0 Å². The maximum absolute atomic E-state index is 12.9. The minimum absolute atomic E-state index is 0.0492. The van der Waals surface area contributed by atoms with Gasteiger partial charge < -0.3 is 20.2 Å². The minimum atomic E-state index is -0.0492. The van der Waals surface area contributed by atoms with Crippen molar-refractivity contribution in [1.29, 1.82) is 0 Å². The Labute approximate surface area is 171 Å². The van der Waals surface area contributed by atoms with Gasteiger partial charge in [-0.25, -0.2) is 4.98 Å². The third-order valence-corrected chi connectivity index (χ3v) is 5.90. The van der Waals surface area contributed by atoms with Gasteiger partial charge in [0.1, 0.15) is 6.26 Å². The third-order valence-electron chi connectivity index (χ3n) is 5.90. The van der Waals surface area contributed by atoms with Gasteiger partial charge in [0.25, 0.3) is 0 Å². The molecule has 2 atom stereocenters. The molecule has 7 heteroatoms. The van der Waals surface area contributed by atoms with Crippen molar-refractivity contribution in [1.82, 2.24) is 15.2 Å².